The van der Waals surface area contributed by atoms with Crippen LogP contribution in [0.15, 0.2) is 11.4 Å². The van der Waals surface area contributed by atoms with Crippen molar-refractivity contribution in [3.63, 3.8) is 0 Å². The van der Waals surface area contributed by atoms with Gasteiger partial charge < -0.3 is 0 Å². The van der Waals surface area contributed by atoms with Crippen LogP contribution in [0.4, 0.5) is 0 Å². The van der Waals surface area contributed by atoms with Crippen LogP contribution in [0.1, 0.15) is 15.2 Å². The van der Waals surface area contributed by atoms with Crippen molar-refractivity contribution in [1.29, 1.82) is 0 Å². The minimum Gasteiger partial charge on any atom is -0.266 e. The molecule has 1 rings (SSSR count). The Labute approximate surface area is 63.9 Å². The third-order valence-electron chi connectivity index (χ3n) is 1.14. The molecule has 0 fully saturated rings. The minimum absolute atomic E-state index is 0.127. The van der Waals surface area contributed by atoms with Crippen LogP contribution in [0.25, 0.3) is 0 Å². The van der Waals surface area contributed by atoms with Gasteiger partial charge in [-0.3, -0.25) is 4.79 Å². The highest BCUT2D eigenvalue weighted by Gasteiger charge is 2.04. The van der Waals surface area contributed by atoms with Gasteiger partial charge >= 0.3 is 0 Å². The average molecular weight is 154 g/mol. The lowest BCUT2D eigenvalue weighted by Gasteiger charge is -1.87. The van der Waals surface area contributed by atoms with Gasteiger partial charge in [-0.05, 0) is 23.9 Å². The summed E-state index contributed by atoms with van der Waals surface area (Å²) in [4.78, 5) is 11.6. The van der Waals surface area contributed by atoms with E-state index in [1.165, 1.54) is 18.4 Å². The molecule has 0 aliphatic heterocycles. The van der Waals surface area contributed by atoms with Crippen LogP contribution in [0.2, 0.25) is 0 Å². The van der Waals surface area contributed by atoms with E-state index >= 15 is 0 Å². The predicted molar refractivity (Wildman–Crippen MR) is 41.4 cm³/mol. The number of carbonyl (C=O) groups is 1. The maximum absolute atomic E-state index is 10.9. The molecular weight excluding hydrogens is 146 g/mol. The third kappa shape index (κ3) is 1.36. The van der Waals surface area contributed by atoms with Crippen LogP contribution in [0.3, 0.4) is 0 Å². The van der Waals surface area contributed by atoms with Crippen molar-refractivity contribution in [2.75, 3.05) is 7.05 Å². The van der Waals surface area contributed by atoms with Gasteiger partial charge in [0.05, 0.1) is 4.88 Å². The highest BCUT2D eigenvalue weighted by Crippen LogP contribution is 2.12. The van der Waals surface area contributed by atoms with E-state index in [4.69, 9.17) is 0 Å². The number of thiophene rings is 1. The third-order valence-corrected chi connectivity index (χ3v) is 2.18. The molecule has 0 aliphatic carbocycles. The van der Waals surface area contributed by atoms with Gasteiger partial charge in [-0.2, -0.15) is 0 Å². The van der Waals surface area contributed by atoms with Gasteiger partial charge in [0, 0.05) is 7.05 Å². The Morgan fingerprint density at radius 1 is 1.70 bits per heavy atom. The first-order chi connectivity index (χ1) is 4.74. The first-order valence-corrected chi connectivity index (χ1v) is 3.81. The van der Waals surface area contributed by atoms with E-state index in [0.717, 1.165) is 10.4 Å². The average Bonchev–Trinajstić information content (AvgIpc) is 2.34. The van der Waals surface area contributed by atoms with E-state index in [-0.39, 0.29) is 5.91 Å². The van der Waals surface area contributed by atoms with Crippen molar-refractivity contribution in [2.45, 2.75) is 6.92 Å². The molecule has 0 saturated heterocycles. The first-order valence-electron chi connectivity index (χ1n) is 2.93. The lowest BCUT2D eigenvalue weighted by molar-refractivity contribution is 0.0963. The van der Waals surface area contributed by atoms with Crippen LogP contribution >= 0.6 is 11.3 Å². The van der Waals surface area contributed by atoms with Gasteiger partial charge in [-0.15, -0.1) is 11.3 Å². The zero-order chi connectivity index (χ0) is 7.56. The molecular formula is C7H8NOS. The summed E-state index contributed by atoms with van der Waals surface area (Å²) in [5.41, 5.74) is 1.12. The number of rotatable bonds is 1. The monoisotopic (exact) mass is 154 g/mol. The SMILES string of the molecule is C[N]C(=O)c1cc(C)cs1. The highest BCUT2D eigenvalue weighted by atomic mass is 32.1. The molecule has 53 valence electrons. The summed E-state index contributed by atoms with van der Waals surface area (Å²) in [7, 11) is 1.51. The van der Waals surface area contributed by atoms with Crippen LogP contribution in [0.5, 0.6) is 0 Å². The number of carbonyl (C=O) groups excluding carboxylic acids is 1. The van der Waals surface area contributed by atoms with Crippen LogP contribution in [-0.4, -0.2) is 13.0 Å². The zero-order valence-electron chi connectivity index (χ0n) is 5.92. The number of hydrogen-bond donors (Lipinski definition) is 0. The molecule has 1 aromatic rings. The van der Waals surface area contributed by atoms with E-state index in [0.29, 0.717) is 0 Å². The number of hydrogen-bond acceptors (Lipinski definition) is 2. The van der Waals surface area contributed by atoms with Crippen molar-refractivity contribution in [2.24, 2.45) is 0 Å². The second-order valence-electron chi connectivity index (χ2n) is 2.02. The fourth-order valence-corrected chi connectivity index (χ4v) is 1.48. The molecule has 0 saturated carbocycles. The Morgan fingerprint density at radius 3 is 2.80 bits per heavy atom. The summed E-state index contributed by atoms with van der Waals surface area (Å²) >= 11 is 1.44. The smallest absolute Gasteiger partial charge is 0.266 e. The van der Waals surface area contributed by atoms with Crippen molar-refractivity contribution in [3.05, 3.63) is 21.9 Å². The molecule has 0 bridgehead atoms. The molecule has 10 heavy (non-hydrogen) atoms. The quantitative estimate of drug-likeness (QED) is 0.602. The molecule has 0 atom stereocenters. The van der Waals surface area contributed by atoms with E-state index in [2.05, 4.69) is 5.32 Å². The highest BCUT2D eigenvalue weighted by molar-refractivity contribution is 7.12. The Morgan fingerprint density at radius 2 is 2.40 bits per heavy atom. The molecule has 3 heteroatoms. The Balaban J connectivity index is 2.85. The van der Waals surface area contributed by atoms with Gasteiger partial charge in [-0.1, -0.05) is 0 Å². The van der Waals surface area contributed by atoms with Gasteiger partial charge in [0.15, 0.2) is 0 Å². The first kappa shape index (κ1) is 7.28. The van der Waals surface area contributed by atoms with E-state index in [1.807, 2.05) is 18.4 Å². The lowest BCUT2D eigenvalue weighted by Crippen LogP contribution is -2.07. The van der Waals surface area contributed by atoms with Gasteiger partial charge in [0.25, 0.3) is 5.91 Å². The van der Waals surface area contributed by atoms with Crippen LogP contribution in [0, 0.1) is 6.92 Å². The Hall–Kier alpha value is -0.830. The molecule has 0 N–H and O–H groups in total. The molecule has 0 aliphatic rings. The number of amides is 1. The minimum atomic E-state index is -0.127. The largest absolute Gasteiger partial charge is 0.282 e. The molecule has 0 aromatic carbocycles. The standard InChI is InChI=1S/C7H8NOS/c1-5-3-6(10-4-5)7(9)8-2/h3-4H,1-2H3. The fourth-order valence-electron chi connectivity index (χ4n) is 0.654. The van der Waals surface area contributed by atoms with Crippen molar-refractivity contribution in [3.8, 4) is 0 Å². The second kappa shape index (κ2) is 2.84. The molecule has 1 amide bonds. The molecule has 0 unspecified atom stereocenters. The van der Waals surface area contributed by atoms with Crippen molar-refractivity contribution < 1.29 is 4.79 Å². The molecule has 0 spiro atoms. The van der Waals surface area contributed by atoms with Crippen LogP contribution < -0.4 is 5.32 Å². The number of nitrogens with zero attached hydrogens (tertiary/aromatic N) is 1. The normalized spacial score (nSPS) is 9.40. The summed E-state index contributed by atoms with van der Waals surface area (Å²) in [6.45, 7) is 1.96. The van der Waals surface area contributed by atoms with E-state index in [1.54, 1.807) is 0 Å². The topological polar surface area (TPSA) is 31.2 Å². The van der Waals surface area contributed by atoms with Gasteiger partial charge in [-0.25, -0.2) is 5.32 Å². The predicted octanol–water partition coefficient (Wildman–Crippen LogP) is 1.43. The molecule has 1 heterocycles. The van der Waals surface area contributed by atoms with Gasteiger partial charge in [0.1, 0.15) is 0 Å². The Kier molecular flexibility index (Phi) is 2.06. The Bertz CT molecular complexity index is 242. The lowest BCUT2D eigenvalue weighted by atomic mass is 10.3. The van der Waals surface area contributed by atoms with Crippen molar-refractivity contribution in [1.82, 2.24) is 5.32 Å². The van der Waals surface area contributed by atoms with Crippen molar-refractivity contribution >= 4 is 17.2 Å². The second-order valence-corrected chi connectivity index (χ2v) is 2.93. The molecule has 1 aromatic heterocycles. The molecule has 2 nitrogen and oxygen atoms in total. The maximum atomic E-state index is 10.9. The van der Waals surface area contributed by atoms with E-state index in [9.17, 15) is 4.79 Å². The summed E-state index contributed by atoms with van der Waals surface area (Å²) in [5, 5.41) is 5.49. The van der Waals surface area contributed by atoms with E-state index < -0.39 is 0 Å². The molecule has 1 radical (unpaired) electrons. The summed E-state index contributed by atoms with van der Waals surface area (Å²) in [6, 6.07) is 1.85. The maximum Gasteiger partial charge on any atom is 0.282 e. The van der Waals surface area contributed by atoms with Gasteiger partial charge in [0.2, 0.25) is 0 Å². The summed E-state index contributed by atoms with van der Waals surface area (Å²) < 4.78 is 0. The number of aryl methyl sites for hydroxylation is 1. The fraction of sp³-hybridized carbons (Fsp3) is 0.286. The van der Waals surface area contributed by atoms with Crippen LogP contribution in [-0.2, 0) is 0 Å². The summed E-state index contributed by atoms with van der Waals surface area (Å²) in [6.07, 6.45) is 0. The summed E-state index contributed by atoms with van der Waals surface area (Å²) in [5.74, 6) is -0.127. The zero-order valence-corrected chi connectivity index (χ0v) is 6.73.